The molecule has 1 aliphatic rings. The number of carbonyl (C=O) groups is 1. The maximum absolute atomic E-state index is 13.1. The molecule has 2 aromatic rings. The van der Waals surface area contributed by atoms with E-state index in [9.17, 15) is 31.1 Å². The van der Waals surface area contributed by atoms with Crippen molar-refractivity contribution in [3.8, 4) is 0 Å². The van der Waals surface area contributed by atoms with E-state index in [-0.39, 0.29) is 25.1 Å². The summed E-state index contributed by atoms with van der Waals surface area (Å²) < 4.78 is 78.7. The first-order valence-electron chi connectivity index (χ1n) is 9.29. The number of benzene rings is 2. The fourth-order valence-electron chi connectivity index (χ4n) is 3.59. The summed E-state index contributed by atoms with van der Waals surface area (Å²) in [6.07, 6.45) is -7.85. The predicted octanol–water partition coefficient (Wildman–Crippen LogP) is 6.79. The lowest BCUT2D eigenvalue weighted by atomic mass is 9.94. The fourth-order valence-corrected chi connectivity index (χ4v) is 3.72. The third kappa shape index (κ3) is 5.28. The van der Waals surface area contributed by atoms with Gasteiger partial charge in [0.2, 0.25) is 0 Å². The Labute approximate surface area is 174 Å². The molecular formula is C21H18ClF6NO. The number of amides is 1. The Balaban J connectivity index is 1.93. The number of nitrogens with zero attached hydrogens (tertiary/aromatic N) is 1. The molecule has 1 aliphatic heterocycles. The molecule has 0 N–H and O–H groups in total. The SMILES string of the molecule is O=C(c1cc(C(F)(F)F)cc(C(F)(F)F)c1)N1CCCCC(c2ccc(Cl)cc2)C1. The fraction of sp³-hybridized carbons (Fsp3) is 0.381. The van der Waals surface area contributed by atoms with Gasteiger partial charge in [-0.25, -0.2) is 0 Å². The van der Waals surface area contributed by atoms with Crippen LogP contribution in [0.25, 0.3) is 0 Å². The monoisotopic (exact) mass is 449 g/mol. The molecule has 0 spiro atoms. The normalized spacial score (nSPS) is 18.2. The van der Waals surface area contributed by atoms with E-state index in [0.717, 1.165) is 18.4 Å². The summed E-state index contributed by atoms with van der Waals surface area (Å²) in [5.41, 5.74) is -2.69. The first kappa shape index (κ1) is 22.5. The van der Waals surface area contributed by atoms with Crippen LogP contribution in [0.3, 0.4) is 0 Å². The second-order valence-corrected chi connectivity index (χ2v) is 7.73. The van der Waals surface area contributed by atoms with E-state index in [1.807, 2.05) is 12.1 Å². The topological polar surface area (TPSA) is 20.3 Å². The van der Waals surface area contributed by atoms with E-state index in [2.05, 4.69) is 0 Å². The lowest BCUT2D eigenvalue weighted by molar-refractivity contribution is -0.143. The molecule has 0 aliphatic carbocycles. The van der Waals surface area contributed by atoms with Crippen LogP contribution < -0.4 is 0 Å². The Morgan fingerprint density at radius 3 is 2.00 bits per heavy atom. The molecule has 1 heterocycles. The molecule has 1 atom stereocenters. The van der Waals surface area contributed by atoms with Gasteiger partial charge in [0.25, 0.3) is 5.91 Å². The van der Waals surface area contributed by atoms with Crippen molar-refractivity contribution >= 4 is 17.5 Å². The van der Waals surface area contributed by atoms with E-state index in [4.69, 9.17) is 11.6 Å². The van der Waals surface area contributed by atoms with Crippen LogP contribution >= 0.6 is 11.6 Å². The van der Waals surface area contributed by atoms with Crippen molar-refractivity contribution in [2.75, 3.05) is 13.1 Å². The van der Waals surface area contributed by atoms with Gasteiger partial charge in [-0.1, -0.05) is 30.2 Å². The molecule has 2 nitrogen and oxygen atoms in total. The quantitative estimate of drug-likeness (QED) is 0.462. The predicted molar refractivity (Wildman–Crippen MR) is 100 cm³/mol. The van der Waals surface area contributed by atoms with Gasteiger partial charge in [0.1, 0.15) is 0 Å². The minimum Gasteiger partial charge on any atom is -0.338 e. The van der Waals surface area contributed by atoms with Crippen LogP contribution in [0.15, 0.2) is 42.5 Å². The van der Waals surface area contributed by atoms with E-state index in [1.165, 1.54) is 4.90 Å². The number of hydrogen-bond acceptors (Lipinski definition) is 1. The summed E-state index contributed by atoms with van der Waals surface area (Å²) in [6, 6.07) is 8.03. The van der Waals surface area contributed by atoms with Crippen LogP contribution in [0.4, 0.5) is 26.3 Å². The Morgan fingerprint density at radius 1 is 0.900 bits per heavy atom. The van der Waals surface area contributed by atoms with Crippen molar-refractivity contribution in [1.82, 2.24) is 4.90 Å². The van der Waals surface area contributed by atoms with Crippen molar-refractivity contribution in [3.05, 3.63) is 69.7 Å². The van der Waals surface area contributed by atoms with E-state index in [1.54, 1.807) is 12.1 Å². The summed E-state index contributed by atoms with van der Waals surface area (Å²) in [5, 5.41) is 0.545. The maximum atomic E-state index is 13.1. The number of alkyl halides is 6. The highest BCUT2D eigenvalue weighted by molar-refractivity contribution is 6.30. The van der Waals surface area contributed by atoms with Crippen LogP contribution in [0.5, 0.6) is 0 Å². The third-order valence-electron chi connectivity index (χ3n) is 5.13. The van der Waals surface area contributed by atoms with Crippen LogP contribution in [0, 0.1) is 0 Å². The molecule has 1 unspecified atom stereocenters. The summed E-state index contributed by atoms with van der Waals surface area (Å²) in [6.45, 7) is 0.471. The zero-order chi connectivity index (χ0) is 22.1. The lowest BCUT2D eigenvalue weighted by Gasteiger charge is -2.25. The standard InChI is InChI=1S/C21H18ClF6NO/c22-18-6-4-13(5-7-18)14-3-1-2-8-29(12-14)19(30)15-9-16(20(23,24)25)11-17(10-15)21(26,27)28/h4-7,9-11,14H,1-3,8,12H2. The first-order valence-corrected chi connectivity index (χ1v) is 9.67. The molecule has 3 rings (SSSR count). The van der Waals surface area contributed by atoms with Gasteiger partial charge in [-0.2, -0.15) is 26.3 Å². The molecule has 2 aromatic carbocycles. The van der Waals surface area contributed by atoms with Gasteiger partial charge in [0, 0.05) is 29.6 Å². The molecule has 0 radical (unpaired) electrons. The Morgan fingerprint density at radius 2 is 1.47 bits per heavy atom. The molecular weight excluding hydrogens is 432 g/mol. The van der Waals surface area contributed by atoms with Gasteiger partial charge in [-0.15, -0.1) is 0 Å². The highest BCUT2D eigenvalue weighted by Crippen LogP contribution is 2.37. The average molecular weight is 450 g/mol. The van der Waals surface area contributed by atoms with E-state index < -0.39 is 35.0 Å². The Kier molecular flexibility index (Phi) is 6.36. The minimum atomic E-state index is -5.00. The molecule has 1 amide bonds. The van der Waals surface area contributed by atoms with Crippen molar-refractivity contribution < 1.29 is 31.1 Å². The summed E-state index contributed by atoms with van der Waals surface area (Å²) >= 11 is 5.90. The minimum absolute atomic E-state index is 0.0235. The number of hydrogen-bond donors (Lipinski definition) is 0. The second kappa shape index (κ2) is 8.49. The van der Waals surface area contributed by atoms with Gasteiger partial charge < -0.3 is 4.90 Å². The van der Waals surface area contributed by atoms with Gasteiger partial charge in [0.15, 0.2) is 0 Å². The highest BCUT2D eigenvalue weighted by atomic mass is 35.5. The van der Waals surface area contributed by atoms with E-state index >= 15 is 0 Å². The molecule has 1 fully saturated rings. The zero-order valence-corrected chi connectivity index (χ0v) is 16.4. The van der Waals surface area contributed by atoms with Crippen molar-refractivity contribution in [2.24, 2.45) is 0 Å². The second-order valence-electron chi connectivity index (χ2n) is 7.29. The number of likely N-dealkylation sites (tertiary alicyclic amines) is 1. The molecule has 1 saturated heterocycles. The smallest absolute Gasteiger partial charge is 0.338 e. The Hall–Kier alpha value is -2.22. The van der Waals surface area contributed by atoms with Crippen LogP contribution in [0.1, 0.15) is 52.2 Å². The maximum Gasteiger partial charge on any atom is 0.416 e. The first-order chi connectivity index (χ1) is 13.9. The molecule has 30 heavy (non-hydrogen) atoms. The van der Waals surface area contributed by atoms with Crippen molar-refractivity contribution in [1.29, 1.82) is 0 Å². The average Bonchev–Trinajstić information content (AvgIpc) is 2.92. The number of halogens is 7. The van der Waals surface area contributed by atoms with Crippen LogP contribution in [-0.4, -0.2) is 23.9 Å². The molecule has 0 saturated carbocycles. The third-order valence-corrected chi connectivity index (χ3v) is 5.39. The van der Waals surface area contributed by atoms with Crippen molar-refractivity contribution in [2.45, 2.75) is 37.5 Å². The van der Waals surface area contributed by atoms with Crippen LogP contribution in [0.2, 0.25) is 5.02 Å². The van der Waals surface area contributed by atoms with Gasteiger partial charge in [-0.3, -0.25) is 4.79 Å². The van der Waals surface area contributed by atoms with Gasteiger partial charge in [0.05, 0.1) is 11.1 Å². The highest BCUT2D eigenvalue weighted by Gasteiger charge is 2.38. The Bertz CT molecular complexity index is 875. The van der Waals surface area contributed by atoms with Gasteiger partial charge >= 0.3 is 12.4 Å². The van der Waals surface area contributed by atoms with Crippen LogP contribution in [-0.2, 0) is 12.4 Å². The molecule has 0 aromatic heterocycles. The largest absolute Gasteiger partial charge is 0.416 e. The number of rotatable bonds is 2. The summed E-state index contributed by atoms with van der Waals surface area (Å²) in [5.74, 6) is -0.922. The molecule has 162 valence electrons. The molecule has 0 bridgehead atoms. The number of carbonyl (C=O) groups excluding carboxylic acids is 1. The summed E-state index contributed by atoms with van der Waals surface area (Å²) in [4.78, 5) is 14.2. The van der Waals surface area contributed by atoms with Crippen molar-refractivity contribution in [3.63, 3.8) is 0 Å². The summed E-state index contributed by atoms with van der Waals surface area (Å²) in [7, 11) is 0. The zero-order valence-electron chi connectivity index (χ0n) is 15.7. The lowest BCUT2D eigenvalue weighted by Crippen LogP contribution is -2.34. The van der Waals surface area contributed by atoms with E-state index in [0.29, 0.717) is 23.6 Å². The van der Waals surface area contributed by atoms with Gasteiger partial charge in [-0.05, 0) is 48.7 Å². The molecule has 9 heteroatoms.